The van der Waals surface area contributed by atoms with Gasteiger partial charge >= 0.3 is 0 Å². The number of carbonyl (C=O) groups is 1. The third-order valence-corrected chi connectivity index (χ3v) is 4.25. The van der Waals surface area contributed by atoms with Crippen molar-refractivity contribution in [1.82, 2.24) is 0 Å². The highest BCUT2D eigenvalue weighted by Gasteiger charge is 2.25. The number of hydrogen-bond acceptors (Lipinski definition) is 7. The average Bonchev–Trinajstić information content (AvgIpc) is 3.54. The molecule has 7 heteroatoms. The van der Waals surface area contributed by atoms with Gasteiger partial charge in [0.05, 0.1) is 27.9 Å². The van der Waals surface area contributed by atoms with Gasteiger partial charge in [0.1, 0.15) is 18.8 Å². The summed E-state index contributed by atoms with van der Waals surface area (Å²) in [7, 11) is 4.50. The molecule has 0 bridgehead atoms. The first-order valence-corrected chi connectivity index (χ1v) is 8.44. The summed E-state index contributed by atoms with van der Waals surface area (Å²) >= 11 is 0. The van der Waals surface area contributed by atoms with Crippen LogP contribution >= 0.6 is 0 Å². The molecule has 0 saturated carbocycles. The summed E-state index contributed by atoms with van der Waals surface area (Å²) in [6, 6.07) is 9.63. The molecule has 0 radical (unpaired) electrons. The molecule has 1 aliphatic rings. The van der Waals surface area contributed by atoms with E-state index in [1.165, 1.54) is 27.4 Å². The van der Waals surface area contributed by atoms with E-state index in [0.29, 0.717) is 47.3 Å². The zero-order chi connectivity index (χ0) is 19.4. The van der Waals surface area contributed by atoms with Gasteiger partial charge in [0, 0.05) is 5.56 Å². The highest BCUT2D eigenvalue weighted by atomic mass is 16.6. The van der Waals surface area contributed by atoms with E-state index in [0.717, 1.165) is 0 Å². The van der Waals surface area contributed by atoms with Gasteiger partial charge in [0.2, 0.25) is 0 Å². The van der Waals surface area contributed by atoms with E-state index in [1.807, 2.05) is 0 Å². The molecule has 0 aromatic heterocycles. The lowest BCUT2D eigenvalue weighted by Crippen LogP contribution is -2.13. The summed E-state index contributed by atoms with van der Waals surface area (Å²) in [6.45, 7) is 1.13. The predicted molar refractivity (Wildman–Crippen MR) is 97.1 cm³/mol. The lowest BCUT2D eigenvalue weighted by Gasteiger charge is -2.15. The summed E-state index contributed by atoms with van der Waals surface area (Å²) in [5.74, 6) is 1.43. The predicted octanol–water partition coefficient (Wildman–Crippen LogP) is 2.41. The molecular weight excluding hydrogens is 352 g/mol. The number of carbonyl (C=O) groups excluding carboxylic acids is 1. The zero-order valence-corrected chi connectivity index (χ0v) is 15.4. The molecule has 0 aliphatic carbocycles. The number of rotatable bonds is 9. The minimum atomic E-state index is -1.35. The fraction of sp³-hybridized carbons (Fsp3) is 0.350. The molecule has 1 N–H and O–H groups in total. The molecule has 27 heavy (non-hydrogen) atoms. The van der Waals surface area contributed by atoms with Crippen molar-refractivity contribution in [2.24, 2.45) is 0 Å². The molecule has 1 fully saturated rings. The van der Waals surface area contributed by atoms with Crippen LogP contribution in [0.25, 0.3) is 0 Å². The van der Waals surface area contributed by atoms with Crippen LogP contribution in [0, 0.1) is 0 Å². The van der Waals surface area contributed by atoms with E-state index < -0.39 is 11.9 Å². The molecule has 0 spiro atoms. The molecule has 7 nitrogen and oxygen atoms in total. The van der Waals surface area contributed by atoms with Crippen molar-refractivity contribution < 1.29 is 33.6 Å². The first kappa shape index (κ1) is 19.0. The smallest absolute Gasteiger partial charge is 0.195 e. The second-order valence-corrected chi connectivity index (χ2v) is 6.01. The van der Waals surface area contributed by atoms with Crippen LogP contribution in [-0.4, -0.2) is 51.5 Å². The number of epoxide rings is 1. The van der Waals surface area contributed by atoms with Crippen molar-refractivity contribution >= 4 is 5.78 Å². The largest absolute Gasteiger partial charge is 0.493 e. The maximum absolute atomic E-state index is 12.7. The van der Waals surface area contributed by atoms with Crippen LogP contribution in [0.3, 0.4) is 0 Å². The maximum atomic E-state index is 12.7. The van der Waals surface area contributed by atoms with E-state index in [-0.39, 0.29) is 6.10 Å². The molecule has 2 unspecified atom stereocenters. The van der Waals surface area contributed by atoms with E-state index in [1.54, 1.807) is 30.3 Å². The lowest BCUT2D eigenvalue weighted by molar-refractivity contribution is 0.0746. The van der Waals surface area contributed by atoms with Gasteiger partial charge < -0.3 is 28.8 Å². The number of aliphatic hydroxyl groups is 1. The van der Waals surface area contributed by atoms with Crippen molar-refractivity contribution in [2.75, 3.05) is 34.5 Å². The molecule has 1 heterocycles. The number of Topliss-reactive ketones (excluding diaryl/α,β-unsaturated/α-hetero) is 1. The third kappa shape index (κ3) is 4.32. The Labute approximate surface area is 157 Å². The van der Waals surface area contributed by atoms with Crippen LogP contribution in [0.5, 0.6) is 23.0 Å². The molecule has 0 amide bonds. The Bertz CT molecular complexity index is 814. The Morgan fingerprint density at radius 3 is 2.30 bits per heavy atom. The molecule has 144 valence electrons. The Morgan fingerprint density at radius 2 is 1.67 bits per heavy atom. The Hall–Kier alpha value is -2.77. The van der Waals surface area contributed by atoms with Crippen LogP contribution in [0.15, 0.2) is 36.4 Å². The number of ketones is 1. The molecule has 1 saturated heterocycles. The average molecular weight is 374 g/mol. The maximum Gasteiger partial charge on any atom is 0.195 e. The van der Waals surface area contributed by atoms with Crippen molar-refractivity contribution in [2.45, 2.75) is 12.2 Å². The first-order valence-electron chi connectivity index (χ1n) is 8.44. The summed E-state index contributed by atoms with van der Waals surface area (Å²) < 4.78 is 26.4. The Balaban J connectivity index is 1.79. The van der Waals surface area contributed by atoms with Crippen molar-refractivity contribution in [3.63, 3.8) is 0 Å². The molecule has 2 aromatic rings. The minimum absolute atomic E-state index is 0.117. The standard InChI is InChI=1S/C20H22O7/c1-23-15-6-4-12(8-17(15)24-2)19(21)20(22)13-5-7-16(18(9-13)25-3)27-11-14-10-26-14/h4-9,14,20,22H,10-11H2,1-3H3. The fourth-order valence-electron chi connectivity index (χ4n) is 2.62. The normalized spacial score (nSPS) is 16.4. The van der Waals surface area contributed by atoms with Crippen LogP contribution in [0.1, 0.15) is 22.0 Å². The fourth-order valence-corrected chi connectivity index (χ4v) is 2.62. The SMILES string of the molecule is COc1ccc(C(=O)C(O)c2ccc(OCC3CO3)c(OC)c2)cc1OC. The molecule has 2 atom stereocenters. The van der Waals surface area contributed by atoms with Gasteiger partial charge in [-0.3, -0.25) is 4.79 Å². The lowest BCUT2D eigenvalue weighted by atomic mass is 9.99. The van der Waals surface area contributed by atoms with Crippen LogP contribution in [0.4, 0.5) is 0 Å². The number of benzene rings is 2. The second kappa shape index (κ2) is 8.28. The number of ether oxygens (including phenoxy) is 5. The summed E-state index contributed by atoms with van der Waals surface area (Å²) in [6.07, 6.45) is -1.23. The number of methoxy groups -OCH3 is 3. The summed E-state index contributed by atoms with van der Waals surface area (Å²) in [5, 5.41) is 10.5. The molecular formula is C20H22O7. The first-order chi connectivity index (χ1) is 13.1. The van der Waals surface area contributed by atoms with Gasteiger partial charge in [-0.1, -0.05) is 6.07 Å². The van der Waals surface area contributed by atoms with Gasteiger partial charge in [-0.2, -0.15) is 0 Å². The monoisotopic (exact) mass is 374 g/mol. The molecule has 3 rings (SSSR count). The minimum Gasteiger partial charge on any atom is -0.493 e. The van der Waals surface area contributed by atoms with Gasteiger partial charge in [0.15, 0.2) is 28.8 Å². The van der Waals surface area contributed by atoms with Gasteiger partial charge in [-0.25, -0.2) is 0 Å². The van der Waals surface area contributed by atoms with Gasteiger partial charge in [0.25, 0.3) is 0 Å². The van der Waals surface area contributed by atoms with Crippen LogP contribution < -0.4 is 18.9 Å². The summed E-state index contributed by atoms with van der Waals surface area (Å²) in [5.41, 5.74) is 0.715. The highest BCUT2D eigenvalue weighted by molar-refractivity contribution is 6.00. The van der Waals surface area contributed by atoms with Gasteiger partial charge in [-0.15, -0.1) is 0 Å². The molecule has 2 aromatic carbocycles. The quantitative estimate of drug-likeness (QED) is 0.533. The molecule has 1 aliphatic heterocycles. The zero-order valence-electron chi connectivity index (χ0n) is 15.4. The topological polar surface area (TPSA) is 86.8 Å². The van der Waals surface area contributed by atoms with Crippen LogP contribution in [-0.2, 0) is 4.74 Å². The van der Waals surface area contributed by atoms with Crippen molar-refractivity contribution in [1.29, 1.82) is 0 Å². The highest BCUT2D eigenvalue weighted by Crippen LogP contribution is 2.33. The van der Waals surface area contributed by atoms with E-state index in [2.05, 4.69) is 0 Å². The second-order valence-electron chi connectivity index (χ2n) is 6.01. The van der Waals surface area contributed by atoms with E-state index in [9.17, 15) is 9.90 Å². The van der Waals surface area contributed by atoms with Crippen molar-refractivity contribution in [3.05, 3.63) is 47.5 Å². The Kier molecular flexibility index (Phi) is 5.83. The number of hydrogen-bond donors (Lipinski definition) is 1. The number of aliphatic hydroxyl groups excluding tert-OH is 1. The summed E-state index contributed by atoms with van der Waals surface area (Å²) in [4.78, 5) is 12.7. The third-order valence-electron chi connectivity index (χ3n) is 4.25. The van der Waals surface area contributed by atoms with Crippen LogP contribution in [0.2, 0.25) is 0 Å². The van der Waals surface area contributed by atoms with Gasteiger partial charge in [-0.05, 0) is 35.9 Å². The van der Waals surface area contributed by atoms with E-state index >= 15 is 0 Å². The van der Waals surface area contributed by atoms with Crippen molar-refractivity contribution in [3.8, 4) is 23.0 Å². The Morgan fingerprint density at radius 1 is 1.04 bits per heavy atom. The van der Waals surface area contributed by atoms with E-state index in [4.69, 9.17) is 23.7 Å².